The fourth-order valence-corrected chi connectivity index (χ4v) is 2.24. The van der Waals surface area contributed by atoms with E-state index in [1.807, 2.05) is 20.0 Å². The van der Waals surface area contributed by atoms with E-state index in [0.717, 1.165) is 11.8 Å². The molecule has 0 unspecified atom stereocenters. The fourth-order valence-electron chi connectivity index (χ4n) is 2.24. The molecular weight excluding hydrogens is 314 g/mol. The van der Waals surface area contributed by atoms with Crippen LogP contribution in [0.2, 0.25) is 0 Å². The SMILES string of the molecule is CC.CC(C)C.CC(C)C.CC(C)C1=CC=CNC(C(C)C)=C1C(C)C. The van der Waals surface area contributed by atoms with Crippen molar-refractivity contribution in [3.63, 3.8) is 0 Å². The van der Waals surface area contributed by atoms with Crippen molar-refractivity contribution in [3.05, 3.63) is 35.2 Å². The van der Waals surface area contributed by atoms with Gasteiger partial charge in [0.15, 0.2) is 0 Å². The van der Waals surface area contributed by atoms with Crippen LogP contribution in [0.4, 0.5) is 0 Å². The van der Waals surface area contributed by atoms with E-state index < -0.39 is 0 Å². The highest BCUT2D eigenvalue weighted by molar-refractivity contribution is 5.42. The van der Waals surface area contributed by atoms with Gasteiger partial charge in [0.05, 0.1) is 0 Å². The molecule has 0 aliphatic carbocycles. The third-order valence-electron chi connectivity index (χ3n) is 2.99. The van der Waals surface area contributed by atoms with E-state index in [4.69, 9.17) is 0 Å². The molecular formula is C25H51N. The Morgan fingerprint density at radius 3 is 1.27 bits per heavy atom. The molecule has 1 aliphatic rings. The quantitative estimate of drug-likeness (QED) is 0.528. The summed E-state index contributed by atoms with van der Waals surface area (Å²) >= 11 is 0. The zero-order valence-electron chi connectivity index (χ0n) is 20.6. The molecule has 0 aromatic rings. The topological polar surface area (TPSA) is 12.0 Å². The zero-order valence-corrected chi connectivity index (χ0v) is 20.6. The van der Waals surface area contributed by atoms with E-state index in [2.05, 4.69) is 101 Å². The summed E-state index contributed by atoms with van der Waals surface area (Å²) in [4.78, 5) is 0. The molecule has 1 nitrogen and oxygen atoms in total. The van der Waals surface area contributed by atoms with E-state index in [9.17, 15) is 0 Å². The van der Waals surface area contributed by atoms with Gasteiger partial charge in [-0.15, -0.1) is 0 Å². The second-order valence-corrected chi connectivity index (χ2v) is 8.88. The van der Waals surface area contributed by atoms with Crippen molar-refractivity contribution in [1.29, 1.82) is 0 Å². The number of allylic oxidation sites excluding steroid dienone is 5. The molecule has 1 heteroatoms. The highest BCUT2D eigenvalue weighted by atomic mass is 14.9. The van der Waals surface area contributed by atoms with Gasteiger partial charge in [-0.05, 0) is 46.8 Å². The molecule has 0 atom stereocenters. The first-order chi connectivity index (χ1) is 11.9. The lowest BCUT2D eigenvalue weighted by molar-refractivity contribution is 0.636. The first-order valence-corrected chi connectivity index (χ1v) is 10.8. The van der Waals surface area contributed by atoms with E-state index in [0.29, 0.717) is 17.8 Å². The number of rotatable bonds is 3. The van der Waals surface area contributed by atoms with Gasteiger partial charge in [-0.3, -0.25) is 0 Å². The summed E-state index contributed by atoms with van der Waals surface area (Å²) in [6, 6.07) is 0. The van der Waals surface area contributed by atoms with Crippen LogP contribution in [0.25, 0.3) is 0 Å². The van der Waals surface area contributed by atoms with Crippen molar-refractivity contribution >= 4 is 0 Å². The van der Waals surface area contributed by atoms with E-state index >= 15 is 0 Å². The molecule has 0 fully saturated rings. The summed E-state index contributed by atoms with van der Waals surface area (Å²) < 4.78 is 0. The Labute approximate surface area is 167 Å². The Balaban J connectivity index is -0.000000440. The Kier molecular flexibility index (Phi) is 20.0. The summed E-state index contributed by atoms with van der Waals surface area (Å²) in [5.74, 6) is 3.36. The maximum absolute atomic E-state index is 3.44. The Hall–Kier alpha value is -0.980. The smallest absolute Gasteiger partial charge is 0.0210 e. The monoisotopic (exact) mass is 365 g/mol. The van der Waals surface area contributed by atoms with Crippen molar-refractivity contribution < 1.29 is 0 Å². The molecule has 1 aliphatic heterocycles. The lowest BCUT2D eigenvalue weighted by Crippen LogP contribution is -2.18. The van der Waals surface area contributed by atoms with Crippen molar-refractivity contribution in [3.8, 4) is 0 Å². The first-order valence-electron chi connectivity index (χ1n) is 10.8. The minimum absolute atomic E-state index is 0.544. The zero-order chi connectivity index (χ0) is 21.4. The van der Waals surface area contributed by atoms with Gasteiger partial charge < -0.3 is 5.32 Å². The highest BCUT2D eigenvalue weighted by Crippen LogP contribution is 2.31. The summed E-state index contributed by atoms with van der Waals surface area (Å²) in [5, 5.41) is 3.44. The van der Waals surface area contributed by atoms with Crippen LogP contribution in [0.5, 0.6) is 0 Å². The van der Waals surface area contributed by atoms with E-state index in [-0.39, 0.29) is 0 Å². The molecule has 0 amide bonds. The molecule has 26 heavy (non-hydrogen) atoms. The van der Waals surface area contributed by atoms with Crippen LogP contribution < -0.4 is 5.32 Å². The predicted molar refractivity (Wildman–Crippen MR) is 124 cm³/mol. The molecule has 0 aromatic carbocycles. The average molecular weight is 366 g/mol. The molecule has 156 valence electrons. The number of hydrogen-bond acceptors (Lipinski definition) is 1. The van der Waals surface area contributed by atoms with Gasteiger partial charge in [-0.25, -0.2) is 0 Å². The van der Waals surface area contributed by atoms with Crippen molar-refractivity contribution in [2.24, 2.45) is 29.6 Å². The molecule has 0 spiro atoms. The molecule has 0 radical (unpaired) electrons. The van der Waals surface area contributed by atoms with Crippen LogP contribution in [0, 0.1) is 29.6 Å². The maximum Gasteiger partial charge on any atom is 0.0210 e. The minimum Gasteiger partial charge on any atom is -0.365 e. The summed E-state index contributed by atoms with van der Waals surface area (Å²) in [6.07, 6.45) is 6.42. The Morgan fingerprint density at radius 2 is 1.00 bits per heavy atom. The third-order valence-corrected chi connectivity index (χ3v) is 2.99. The van der Waals surface area contributed by atoms with Crippen LogP contribution in [-0.2, 0) is 0 Å². The molecule has 0 saturated carbocycles. The number of nitrogens with one attached hydrogen (secondary N) is 1. The Morgan fingerprint density at radius 1 is 0.615 bits per heavy atom. The lowest BCUT2D eigenvalue weighted by Gasteiger charge is -2.24. The third kappa shape index (κ3) is 16.5. The second-order valence-electron chi connectivity index (χ2n) is 8.88. The average Bonchev–Trinajstić information content (AvgIpc) is 2.70. The van der Waals surface area contributed by atoms with E-state index in [1.54, 1.807) is 0 Å². The van der Waals surface area contributed by atoms with Crippen molar-refractivity contribution in [1.82, 2.24) is 5.32 Å². The van der Waals surface area contributed by atoms with Gasteiger partial charge in [0.2, 0.25) is 0 Å². The van der Waals surface area contributed by atoms with Crippen LogP contribution in [-0.4, -0.2) is 0 Å². The summed E-state index contributed by atoms with van der Waals surface area (Å²) in [7, 11) is 0. The van der Waals surface area contributed by atoms with Crippen molar-refractivity contribution in [2.45, 2.75) is 96.9 Å². The summed E-state index contributed by atoms with van der Waals surface area (Å²) in [6.45, 7) is 30.6. The maximum atomic E-state index is 3.44. The predicted octanol–water partition coefficient (Wildman–Crippen LogP) is 8.60. The van der Waals surface area contributed by atoms with Crippen molar-refractivity contribution in [2.75, 3.05) is 0 Å². The van der Waals surface area contributed by atoms with Gasteiger partial charge in [0.1, 0.15) is 0 Å². The standard InChI is InChI=1S/C15H25N.2C4H10.C2H6/c1-10(2)13-8-7-9-16-15(12(5)6)14(13)11(3)4;2*1-4(2)3;1-2/h7-12,16H,1-6H3;2*4H,1-3H3;1-2H3. The highest BCUT2D eigenvalue weighted by Gasteiger charge is 2.20. The lowest BCUT2D eigenvalue weighted by atomic mass is 9.84. The van der Waals surface area contributed by atoms with Crippen LogP contribution in [0.3, 0.4) is 0 Å². The molecule has 0 saturated heterocycles. The summed E-state index contributed by atoms with van der Waals surface area (Å²) in [5.41, 5.74) is 4.35. The van der Waals surface area contributed by atoms with Gasteiger partial charge in [0, 0.05) is 11.9 Å². The minimum atomic E-state index is 0.544. The second kappa shape index (κ2) is 17.4. The van der Waals surface area contributed by atoms with Gasteiger partial charge in [0.25, 0.3) is 0 Å². The van der Waals surface area contributed by atoms with Crippen LogP contribution in [0.15, 0.2) is 35.2 Å². The molecule has 0 aromatic heterocycles. The van der Waals surface area contributed by atoms with Gasteiger partial charge in [-0.2, -0.15) is 0 Å². The van der Waals surface area contributed by atoms with E-state index in [1.165, 1.54) is 16.8 Å². The molecule has 1 rings (SSSR count). The fraction of sp³-hybridized carbons (Fsp3) is 0.760. The Bertz CT molecular complexity index is 392. The molecule has 1 N–H and O–H groups in total. The number of hydrogen-bond donors (Lipinski definition) is 1. The molecule has 1 heterocycles. The van der Waals surface area contributed by atoms with Gasteiger partial charge >= 0.3 is 0 Å². The normalized spacial score (nSPS) is 13.4. The first kappa shape index (κ1) is 29.8. The molecule has 0 bridgehead atoms. The van der Waals surface area contributed by atoms with Crippen LogP contribution >= 0.6 is 0 Å². The largest absolute Gasteiger partial charge is 0.365 e. The van der Waals surface area contributed by atoms with Gasteiger partial charge in [-0.1, -0.05) is 103 Å². The van der Waals surface area contributed by atoms with Crippen LogP contribution in [0.1, 0.15) is 96.9 Å².